The van der Waals surface area contributed by atoms with E-state index >= 15 is 0 Å². The number of hydrogen-bond acceptors (Lipinski definition) is 3. The van der Waals surface area contributed by atoms with Gasteiger partial charge in [-0.2, -0.15) is 0 Å². The Hall–Kier alpha value is -1.71. The fourth-order valence-corrected chi connectivity index (χ4v) is 2.16. The molecule has 0 spiro atoms. The van der Waals surface area contributed by atoms with E-state index in [0.29, 0.717) is 6.04 Å². The van der Waals surface area contributed by atoms with Gasteiger partial charge in [-0.25, -0.2) is 0 Å². The lowest BCUT2D eigenvalue weighted by molar-refractivity contribution is 0.266. The van der Waals surface area contributed by atoms with Crippen LogP contribution in [-0.4, -0.2) is 23.0 Å². The third-order valence-electron chi connectivity index (χ3n) is 3.71. The summed E-state index contributed by atoms with van der Waals surface area (Å²) in [6.45, 7) is 7.20. The van der Waals surface area contributed by atoms with Crippen LogP contribution >= 0.6 is 0 Å². The van der Waals surface area contributed by atoms with E-state index in [1.165, 1.54) is 16.7 Å². The number of pyridine rings is 1. The second-order valence-corrected chi connectivity index (χ2v) is 5.79. The van der Waals surface area contributed by atoms with Gasteiger partial charge in [0.1, 0.15) is 0 Å². The molecule has 0 fully saturated rings. The predicted octanol–water partition coefficient (Wildman–Crippen LogP) is 3.21. The molecule has 0 bridgehead atoms. The van der Waals surface area contributed by atoms with Crippen molar-refractivity contribution in [3.8, 4) is 0 Å². The zero-order chi connectivity index (χ0) is 15.1. The summed E-state index contributed by atoms with van der Waals surface area (Å²) in [7, 11) is 2.17. The summed E-state index contributed by atoms with van der Waals surface area (Å²) in [5, 5.41) is 3.48. The smallest absolute Gasteiger partial charge is 0.0271 e. The van der Waals surface area contributed by atoms with Crippen molar-refractivity contribution in [2.45, 2.75) is 39.5 Å². The van der Waals surface area contributed by atoms with Crippen molar-refractivity contribution in [3.63, 3.8) is 0 Å². The zero-order valence-electron chi connectivity index (χ0n) is 13.2. The Labute approximate surface area is 128 Å². The summed E-state index contributed by atoms with van der Waals surface area (Å²) in [4.78, 5) is 6.38. The van der Waals surface area contributed by atoms with Gasteiger partial charge in [0, 0.05) is 38.1 Å². The van der Waals surface area contributed by atoms with E-state index in [2.05, 4.69) is 60.4 Å². The van der Waals surface area contributed by atoms with Gasteiger partial charge in [0.05, 0.1) is 0 Å². The van der Waals surface area contributed by atoms with Crippen LogP contribution in [0.2, 0.25) is 0 Å². The van der Waals surface area contributed by atoms with Crippen LogP contribution in [0.5, 0.6) is 0 Å². The normalized spacial score (nSPS) is 11.3. The van der Waals surface area contributed by atoms with Crippen LogP contribution in [0.25, 0.3) is 0 Å². The molecule has 0 aliphatic heterocycles. The SMILES string of the molecule is CC(C)N(C)Cc1cccc(CNCc2ccncc2)c1. The van der Waals surface area contributed by atoms with Crippen LogP contribution < -0.4 is 5.32 Å². The van der Waals surface area contributed by atoms with Gasteiger partial charge in [-0.05, 0) is 49.7 Å². The summed E-state index contributed by atoms with van der Waals surface area (Å²) in [6.07, 6.45) is 3.67. The summed E-state index contributed by atoms with van der Waals surface area (Å²) in [5.74, 6) is 0. The van der Waals surface area contributed by atoms with Crippen LogP contribution in [0.1, 0.15) is 30.5 Å². The Morgan fingerprint density at radius 1 is 1.00 bits per heavy atom. The largest absolute Gasteiger partial charge is 0.309 e. The lowest BCUT2D eigenvalue weighted by atomic mass is 10.1. The van der Waals surface area contributed by atoms with Crippen LogP contribution in [0.4, 0.5) is 0 Å². The molecular formula is C18H25N3. The van der Waals surface area contributed by atoms with Crippen molar-refractivity contribution < 1.29 is 0 Å². The molecule has 3 nitrogen and oxygen atoms in total. The van der Waals surface area contributed by atoms with E-state index < -0.39 is 0 Å². The molecule has 1 aromatic carbocycles. The van der Waals surface area contributed by atoms with Crippen molar-refractivity contribution in [1.82, 2.24) is 15.2 Å². The minimum absolute atomic E-state index is 0.568. The lowest BCUT2D eigenvalue weighted by Gasteiger charge is -2.21. The average Bonchev–Trinajstić information content (AvgIpc) is 2.48. The Balaban J connectivity index is 1.86. The highest BCUT2D eigenvalue weighted by atomic mass is 15.1. The molecule has 0 aliphatic rings. The quantitative estimate of drug-likeness (QED) is 0.845. The van der Waals surface area contributed by atoms with Crippen molar-refractivity contribution >= 4 is 0 Å². The standard InChI is InChI=1S/C18H25N3/c1-15(2)21(3)14-18-6-4-5-17(11-18)13-20-12-16-7-9-19-10-8-16/h4-11,15,20H,12-14H2,1-3H3. The zero-order valence-corrected chi connectivity index (χ0v) is 13.2. The molecule has 3 heteroatoms. The maximum Gasteiger partial charge on any atom is 0.0271 e. The average molecular weight is 283 g/mol. The van der Waals surface area contributed by atoms with Crippen LogP contribution in [-0.2, 0) is 19.6 Å². The van der Waals surface area contributed by atoms with Gasteiger partial charge in [-0.15, -0.1) is 0 Å². The molecule has 2 aromatic rings. The van der Waals surface area contributed by atoms with Gasteiger partial charge >= 0.3 is 0 Å². The molecule has 0 unspecified atom stereocenters. The molecular weight excluding hydrogens is 258 g/mol. The number of nitrogens with one attached hydrogen (secondary N) is 1. The molecule has 1 N–H and O–H groups in total. The van der Waals surface area contributed by atoms with E-state index in [1.54, 1.807) is 0 Å². The third kappa shape index (κ3) is 5.29. The first-order valence-electron chi connectivity index (χ1n) is 7.53. The number of aromatic nitrogens is 1. The van der Waals surface area contributed by atoms with Crippen molar-refractivity contribution in [3.05, 3.63) is 65.5 Å². The highest BCUT2D eigenvalue weighted by molar-refractivity contribution is 5.23. The molecule has 21 heavy (non-hydrogen) atoms. The maximum absolute atomic E-state index is 4.03. The Morgan fingerprint density at radius 3 is 2.38 bits per heavy atom. The van der Waals surface area contributed by atoms with E-state index in [-0.39, 0.29) is 0 Å². The molecule has 0 saturated carbocycles. The molecule has 0 amide bonds. The van der Waals surface area contributed by atoms with Gasteiger partial charge in [0.2, 0.25) is 0 Å². The van der Waals surface area contributed by atoms with Gasteiger partial charge < -0.3 is 5.32 Å². The van der Waals surface area contributed by atoms with Crippen molar-refractivity contribution in [2.24, 2.45) is 0 Å². The first-order valence-corrected chi connectivity index (χ1v) is 7.53. The van der Waals surface area contributed by atoms with Gasteiger partial charge in [-0.3, -0.25) is 9.88 Å². The summed E-state index contributed by atoms with van der Waals surface area (Å²) in [5.41, 5.74) is 3.97. The lowest BCUT2D eigenvalue weighted by Crippen LogP contribution is -2.25. The van der Waals surface area contributed by atoms with Crippen LogP contribution in [0.3, 0.4) is 0 Å². The van der Waals surface area contributed by atoms with E-state index in [0.717, 1.165) is 19.6 Å². The molecule has 0 atom stereocenters. The fraction of sp³-hybridized carbons (Fsp3) is 0.389. The second-order valence-electron chi connectivity index (χ2n) is 5.79. The van der Waals surface area contributed by atoms with Crippen molar-refractivity contribution in [1.29, 1.82) is 0 Å². The summed E-state index contributed by atoms with van der Waals surface area (Å²) >= 11 is 0. The molecule has 1 heterocycles. The number of benzene rings is 1. The van der Waals surface area contributed by atoms with Crippen LogP contribution in [0, 0.1) is 0 Å². The van der Waals surface area contributed by atoms with Crippen molar-refractivity contribution in [2.75, 3.05) is 7.05 Å². The highest BCUT2D eigenvalue weighted by Crippen LogP contribution is 2.09. The van der Waals surface area contributed by atoms with E-state index in [4.69, 9.17) is 0 Å². The Bertz CT molecular complexity index is 537. The molecule has 0 radical (unpaired) electrons. The van der Waals surface area contributed by atoms with E-state index in [1.807, 2.05) is 24.5 Å². The van der Waals surface area contributed by atoms with E-state index in [9.17, 15) is 0 Å². The molecule has 2 rings (SSSR count). The first kappa shape index (κ1) is 15.7. The maximum atomic E-state index is 4.03. The molecule has 1 aromatic heterocycles. The summed E-state index contributed by atoms with van der Waals surface area (Å²) < 4.78 is 0. The number of nitrogens with zero attached hydrogens (tertiary/aromatic N) is 2. The Kier molecular flexibility index (Phi) is 5.90. The second kappa shape index (κ2) is 7.91. The van der Waals surface area contributed by atoms with Gasteiger partial charge in [0.15, 0.2) is 0 Å². The van der Waals surface area contributed by atoms with Gasteiger partial charge in [0.25, 0.3) is 0 Å². The topological polar surface area (TPSA) is 28.2 Å². The Morgan fingerprint density at radius 2 is 1.67 bits per heavy atom. The minimum Gasteiger partial charge on any atom is -0.309 e. The summed E-state index contributed by atoms with van der Waals surface area (Å²) in [6, 6.07) is 13.5. The first-order chi connectivity index (χ1) is 10.1. The molecule has 0 saturated heterocycles. The number of hydrogen-bond donors (Lipinski definition) is 1. The number of rotatable bonds is 7. The highest BCUT2D eigenvalue weighted by Gasteiger charge is 2.04. The van der Waals surface area contributed by atoms with Crippen LogP contribution in [0.15, 0.2) is 48.8 Å². The monoisotopic (exact) mass is 283 g/mol. The minimum atomic E-state index is 0.568. The predicted molar refractivity (Wildman–Crippen MR) is 87.8 cm³/mol. The molecule has 112 valence electrons. The third-order valence-corrected chi connectivity index (χ3v) is 3.71. The molecule has 0 aliphatic carbocycles. The fourth-order valence-electron chi connectivity index (χ4n) is 2.16. The van der Waals surface area contributed by atoms with Gasteiger partial charge in [-0.1, -0.05) is 24.3 Å².